The Labute approximate surface area is 156 Å². The molecule has 1 fully saturated rings. The molecule has 0 unspecified atom stereocenters. The second-order valence-corrected chi connectivity index (χ2v) is 6.86. The van der Waals surface area contributed by atoms with Crippen LogP contribution in [0.1, 0.15) is 5.76 Å². The van der Waals surface area contributed by atoms with E-state index in [0.29, 0.717) is 5.02 Å². The van der Waals surface area contributed by atoms with E-state index in [0.717, 1.165) is 55.4 Å². The number of piperazine rings is 1. The van der Waals surface area contributed by atoms with Crippen molar-refractivity contribution in [3.05, 3.63) is 71.2 Å². The zero-order valence-electron chi connectivity index (χ0n) is 14.2. The monoisotopic (exact) mass is 371 g/mol. The quantitative estimate of drug-likeness (QED) is 0.678. The minimum absolute atomic E-state index is 0.200. The summed E-state index contributed by atoms with van der Waals surface area (Å²) in [7, 11) is 0. The number of hydrogen-bond acceptors (Lipinski definition) is 4. The summed E-state index contributed by atoms with van der Waals surface area (Å²) in [6, 6.07) is 16.2. The molecule has 3 aromatic rings. The summed E-state index contributed by atoms with van der Waals surface area (Å²) in [6.45, 7) is 4.40. The molecule has 2 heterocycles. The molecule has 1 aromatic heterocycles. The van der Waals surface area contributed by atoms with Gasteiger partial charge in [0.2, 0.25) is 0 Å². The van der Waals surface area contributed by atoms with Crippen molar-refractivity contribution in [3.63, 3.8) is 0 Å². The first kappa shape index (κ1) is 17.1. The average Bonchev–Trinajstić information content (AvgIpc) is 3.12. The Morgan fingerprint density at radius 2 is 1.65 bits per heavy atom. The number of rotatable bonds is 4. The van der Waals surface area contributed by atoms with Crippen LogP contribution < -0.4 is 4.90 Å². The highest BCUT2D eigenvalue weighted by molar-refractivity contribution is 6.30. The number of hydrogen-bond donors (Lipinski definition) is 0. The molecule has 0 saturated carbocycles. The Bertz CT molecular complexity index is 856. The van der Waals surface area contributed by atoms with E-state index in [1.165, 1.54) is 12.1 Å². The van der Waals surface area contributed by atoms with Gasteiger partial charge in [0.1, 0.15) is 11.5 Å². The van der Waals surface area contributed by atoms with Crippen LogP contribution in [0.15, 0.2) is 59.1 Å². The van der Waals surface area contributed by atoms with Crippen LogP contribution in [0, 0.1) is 5.82 Å². The van der Waals surface area contributed by atoms with Crippen molar-refractivity contribution in [2.75, 3.05) is 31.1 Å². The molecule has 0 bridgehead atoms. The van der Waals surface area contributed by atoms with Crippen LogP contribution in [-0.4, -0.2) is 36.2 Å². The summed E-state index contributed by atoms with van der Waals surface area (Å²) in [6.07, 6.45) is 0. The van der Waals surface area contributed by atoms with Gasteiger partial charge in [-0.2, -0.15) is 0 Å². The third-order valence-corrected chi connectivity index (χ3v) is 4.89. The third kappa shape index (κ3) is 3.89. The van der Waals surface area contributed by atoms with E-state index in [-0.39, 0.29) is 5.82 Å². The molecule has 6 heteroatoms. The Morgan fingerprint density at radius 3 is 2.35 bits per heavy atom. The van der Waals surface area contributed by atoms with E-state index in [9.17, 15) is 4.39 Å². The Kier molecular flexibility index (Phi) is 4.91. The molecular weight excluding hydrogens is 353 g/mol. The summed E-state index contributed by atoms with van der Waals surface area (Å²) >= 11 is 5.92. The predicted molar refractivity (Wildman–Crippen MR) is 101 cm³/mol. The Hall–Kier alpha value is -2.37. The molecule has 0 amide bonds. The second kappa shape index (κ2) is 7.48. The van der Waals surface area contributed by atoms with E-state index >= 15 is 0 Å². The average molecular weight is 372 g/mol. The summed E-state index contributed by atoms with van der Waals surface area (Å²) in [5.41, 5.74) is 2.88. The topological polar surface area (TPSA) is 32.5 Å². The summed E-state index contributed by atoms with van der Waals surface area (Å²) < 4.78 is 18.5. The first-order chi connectivity index (χ1) is 12.7. The minimum atomic E-state index is -0.200. The molecule has 134 valence electrons. The fourth-order valence-electron chi connectivity index (χ4n) is 3.18. The maximum Gasteiger partial charge on any atom is 0.151 e. The van der Waals surface area contributed by atoms with Crippen molar-refractivity contribution in [3.8, 4) is 11.3 Å². The lowest BCUT2D eigenvalue weighted by Gasteiger charge is -2.35. The number of anilines is 1. The van der Waals surface area contributed by atoms with Crippen LogP contribution in [-0.2, 0) is 6.54 Å². The van der Waals surface area contributed by atoms with E-state index in [2.05, 4.69) is 15.0 Å². The molecule has 2 aromatic carbocycles. The highest BCUT2D eigenvalue weighted by Gasteiger charge is 2.19. The minimum Gasteiger partial charge on any atom is -0.369 e. The largest absolute Gasteiger partial charge is 0.369 e. The van der Waals surface area contributed by atoms with Crippen molar-refractivity contribution in [2.45, 2.75) is 6.54 Å². The maximum atomic E-state index is 13.1. The van der Waals surface area contributed by atoms with Gasteiger partial charge >= 0.3 is 0 Å². The molecule has 4 nitrogen and oxygen atoms in total. The molecule has 0 atom stereocenters. The standard InChI is InChI=1S/C20H19ClFN3O/c21-16-3-1-15(2-4-16)20-13-19(26-23-20)14-24-9-11-25(12-10-24)18-7-5-17(22)6-8-18/h1-8,13H,9-12,14H2. The maximum absolute atomic E-state index is 13.1. The van der Waals surface area contributed by atoms with Crippen LogP contribution >= 0.6 is 11.6 Å². The molecule has 1 aliphatic heterocycles. The fraction of sp³-hybridized carbons (Fsp3) is 0.250. The van der Waals surface area contributed by atoms with Crippen LogP contribution in [0.4, 0.5) is 10.1 Å². The van der Waals surface area contributed by atoms with Crippen molar-refractivity contribution in [1.29, 1.82) is 0 Å². The van der Waals surface area contributed by atoms with Gasteiger partial charge < -0.3 is 9.42 Å². The third-order valence-electron chi connectivity index (χ3n) is 4.64. The SMILES string of the molecule is Fc1ccc(N2CCN(Cc3cc(-c4ccc(Cl)cc4)no3)CC2)cc1. The van der Waals surface area contributed by atoms with E-state index in [1.54, 1.807) is 0 Å². The van der Waals surface area contributed by atoms with Gasteiger partial charge in [0, 0.05) is 48.5 Å². The van der Waals surface area contributed by atoms with Gasteiger partial charge in [-0.05, 0) is 36.4 Å². The summed E-state index contributed by atoms with van der Waals surface area (Å²) in [5, 5.41) is 4.87. The van der Waals surface area contributed by atoms with Crippen LogP contribution in [0.5, 0.6) is 0 Å². The van der Waals surface area contributed by atoms with Gasteiger partial charge in [-0.1, -0.05) is 28.9 Å². The first-order valence-corrected chi connectivity index (χ1v) is 8.99. The molecule has 1 aliphatic rings. The highest BCUT2D eigenvalue weighted by atomic mass is 35.5. The molecule has 0 N–H and O–H groups in total. The van der Waals surface area contributed by atoms with E-state index in [1.807, 2.05) is 42.5 Å². The van der Waals surface area contributed by atoms with Crippen LogP contribution in [0.3, 0.4) is 0 Å². The fourth-order valence-corrected chi connectivity index (χ4v) is 3.31. The lowest BCUT2D eigenvalue weighted by atomic mass is 10.1. The zero-order chi connectivity index (χ0) is 17.9. The van der Waals surface area contributed by atoms with Crippen molar-refractivity contribution < 1.29 is 8.91 Å². The molecule has 1 saturated heterocycles. The molecule has 26 heavy (non-hydrogen) atoms. The highest BCUT2D eigenvalue weighted by Crippen LogP contribution is 2.23. The number of aromatic nitrogens is 1. The zero-order valence-corrected chi connectivity index (χ0v) is 15.0. The van der Waals surface area contributed by atoms with Crippen molar-refractivity contribution in [1.82, 2.24) is 10.1 Å². The van der Waals surface area contributed by atoms with Gasteiger partial charge in [-0.25, -0.2) is 4.39 Å². The Balaban J connectivity index is 1.34. The van der Waals surface area contributed by atoms with Crippen molar-refractivity contribution in [2.24, 2.45) is 0 Å². The molecule has 0 aliphatic carbocycles. The van der Waals surface area contributed by atoms with Gasteiger partial charge in [0.05, 0.1) is 6.54 Å². The van der Waals surface area contributed by atoms with Gasteiger partial charge in [-0.3, -0.25) is 4.90 Å². The lowest BCUT2D eigenvalue weighted by Crippen LogP contribution is -2.45. The molecule has 4 rings (SSSR count). The van der Waals surface area contributed by atoms with Gasteiger partial charge in [-0.15, -0.1) is 0 Å². The predicted octanol–water partition coefficient (Wildman–Crippen LogP) is 4.46. The molecule has 0 spiro atoms. The van der Waals surface area contributed by atoms with E-state index < -0.39 is 0 Å². The number of nitrogens with zero attached hydrogens (tertiary/aromatic N) is 3. The second-order valence-electron chi connectivity index (χ2n) is 6.42. The van der Waals surface area contributed by atoms with Gasteiger partial charge in [0.15, 0.2) is 5.76 Å². The van der Waals surface area contributed by atoms with Gasteiger partial charge in [0.25, 0.3) is 0 Å². The van der Waals surface area contributed by atoms with Crippen LogP contribution in [0.2, 0.25) is 5.02 Å². The van der Waals surface area contributed by atoms with E-state index in [4.69, 9.17) is 16.1 Å². The lowest BCUT2D eigenvalue weighted by molar-refractivity contribution is 0.220. The van der Waals surface area contributed by atoms with Crippen molar-refractivity contribution >= 4 is 17.3 Å². The summed E-state index contributed by atoms with van der Waals surface area (Å²) in [5.74, 6) is 0.652. The van der Waals surface area contributed by atoms with Crippen LogP contribution in [0.25, 0.3) is 11.3 Å². The molecule has 0 radical (unpaired) electrons. The summed E-state index contributed by atoms with van der Waals surface area (Å²) in [4.78, 5) is 4.61. The first-order valence-electron chi connectivity index (χ1n) is 8.62. The number of halogens is 2. The smallest absolute Gasteiger partial charge is 0.151 e. The molecular formula is C20H19ClFN3O. The Morgan fingerprint density at radius 1 is 0.962 bits per heavy atom. The number of benzene rings is 2. The normalized spacial score (nSPS) is 15.4.